The summed E-state index contributed by atoms with van der Waals surface area (Å²) in [6.07, 6.45) is 1.15. The average molecular weight is 375 g/mol. The van der Waals surface area contributed by atoms with E-state index in [1.807, 2.05) is 38.1 Å². The Morgan fingerprint density at radius 3 is 2.50 bits per heavy atom. The van der Waals surface area contributed by atoms with Crippen LogP contribution in [0.4, 0.5) is 10.5 Å². The van der Waals surface area contributed by atoms with Crippen LogP contribution in [0.3, 0.4) is 0 Å². The van der Waals surface area contributed by atoms with E-state index in [4.69, 9.17) is 0 Å². The number of nitrogens with zero attached hydrogens (tertiary/aromatic N) is 3. The van der Waals surface area contributed by atoms with Crippen molar-refractivity contribution in [3.63, 3.8) is 0 Å². The highest BCUT2D eigenvalue weighted by Crippen LogP contribution is 2.19. The maximum atomic E-state index is 12.1. The van der Waals surface area contributed by atoms with E-state index in [1.165, 1.54) is 11.5 Å². The van der Waals surface area contributed by atoms with Crippen molar-refractivity contribution in [2.75, 3.05) is 19.4 Å². The lowest BCUT2D eigenvalue weighted by molar-refractivity contribution is -0.128. The monoisotopic (exact) mass is 375 g/mol. The molecule has 0 saturated heterocycles. The van der Waals surface area contributed by atoms with Gasteiger partial charge in [0.2, 0.25) is 5.91 Å². The Morgan fingerprint density at radius 2 is 1.88 bits per heavy atom. The Hall–Kier alpha value is -2.48. The normalized spacial score (nSPS) is 10.7. The first-order valence-corrected chi connectivity index (χ1v) is 9.29. The first-order chi connectivity index (χ1) is 12.4. The molecule has 0 unspecified atom stereocenters. The van der Waals surface area contributed by atoms with E-state index in [0.717, 1.165) is 16.1 Å². The Labute approximate surface area is 158 Å². The average Bonchev–Trinajstić information content (AvgIpc) is 3.08. The zero-order valence-electron chi connectivity index (χ0n) is 15.6. The maximum Gasteiger partial charge on any atom is 0.319 e. The molecule has 1 aromatic heterocycles. The van der Waals surface area contributed by atoms with Gasteiger partial charge >= 0.3 is 6.03 Å². The Morgan fingerprint density at radius 1 is 1.19 bits per heavy atom. The van der Waals surface area contributed by atoms with Crippen molar-refractivity contribution in [2.24, 2.45) is 0 Å². The van der Waals surface area contributed by atoms with E-state index in [9.17, 15) is 9.59 Å². The molecule has 2 rings (SSSR count). The zero-order valence-corrected chi connectivity index (χ0v) is 16.4. The van der Waals surface area contributed by atoms with Gasteiger partial charge in [0.05, 0.1) is 17.1 Å². The number of aromatic nitrogens is 2. The molecule has 0 spiro atoms. The van der Waals surface area contributed by atoms with Crippen molar-refractivity contribution in [1.29, 1.82) is 0 Å². The topological polar surface area (TPSA) is 87.2 Å². The second-order valence-corrected chi connectivity index (χ2v) is 7.37. The molecule has 0 aliphatic rings. The minimum Gasteiger partial charge on any atom is -0.349 e. The number of anilines is 1. The van der Waals surface area contributed by atoms with Gasteiger partial charge in [-0.2, -0.15) is 0 Å². The molecular formula is C18H25N5O2S. The SMILES string of the molecule is CC(C)c1nnsc1CNC(=O)Nc1ccc(CCC(=O)N(C)C)cc1. The number of carbonyl (C=O) groups is 2. The zero-order chi connectivity index (χ0) is 19.1. The molecule has 2 aromatic rings. The van der Waals surface area contributed by atoms with Gasteiger partial charge in [-0.15, -0.1) is 5.10 Å². The van der Waals surface area contributed by atoms with Crippen LogP contribution in [0, 0.1) is 0 Å². The minimum atomic E-state index is -0.274. The number of nitrogens with one attached hydrogen (secondary N) is 2. The minimum absolute atomic E-state index is 0.102. The van der Waals surface area contributed by atoms with Gasteiger partial charge in [-0.05, 0) is 41.6 Å². The van der Waals surface area contributed by atoms with Crippen molar-refractivity contribution < 1.29 is 9.59 Å². The molecular weight excluding hydrogens is 350 g/mol. The predicted octanol–water partition coefficient (Wildman–Crippen LogP) is 3.00. The van der Waals surface area contributed by atoms with Crippen LogP contribution in [-0.2, 0) is 17.8 Å². The largest absolute Gasteiger partial charge is 0.349 e. The fraction of sp³-hybridized carbons (Fsp3) is 0.444. The predicted molar refractivity (Wildman–Crippen MR) is 103 cm³/mol. The lowest BCUT2D eigenvalue weighted by Crippen LogP contribution is -2.28. The van der Waals surface area contributed by atoms with Crippen LogP contribution in [0.5, 0.6) is 0 Å². The van der Waals surface area contributed by atoms with Crippen LogP contribution in [0.2, 0.25) is 0 Å². The van der Waals surface area contributed by atoms with E-state index < -0.39 is 0 Å². The molecule has 3 amide bonds. The van der Waals surface area contributed by atoms with Crippen molar-refractivity contribution in [3.8, 4) is 0 Å². The summed E-state index contributed by atoms with van der Waals surface area (Å²) in [7, 11) is 3.50. The van der Waals surface area contributed by atoms with Crippen LogP contribution in [0.25, 0.3) is 0 Å². The van der Waals surface area contributed by atoms with Crippen LogP contribution in [-0.4, -0.2) is 40.5 Å². The molecule has 0 fully saturated rings. The smallest absolute Gasteiger partial charge is 0.319 e. The molecule has 2 N–H and O–H groups in total. The third kappa shape index (κ3) is 5.80. The standard InChI is InChI=1S/C18H25N5O2S/c1-12(2)17-15(26-22-21-17)11-19-18(25)20-14-8-5-13(6-9-14)7-10-16(24)23(3)4/h5-6,8-9,12H,7,10-11H2,1-4H3,(H2,19,20,25). The summed E-state index contributed by atoms with van der Waals surface area (Å²) in [4.78, 5) is 26.2. The van der Waals surface area contributed by atoms with E-state index in [2.05, 4.69) is 20.2 Å². The molecule has 1 aromatic carbocycles. The summed E-state index contributed by atoms with van der Waals surface area (Å²) in [5.41, 5.74) is 2.69. The third-order valence-electron chi connectivity index (χ3n) is 3.88. The summed E-state index contributed by atoms with van der Waals surface area (Å²) in [5, 5.41) is 9.73. The Balaban J connectivity index is 1.81. The molecule has 0 aliphatic carbocycles. The van der Waals surface area contributed by atoms with Crippen LogP contribution in [0.1, 0.15) is 42.3 Å². The number of hydrogen-bond donors (Lipinski definition) is 2. The van der Waals surface area contributed by atoms with Crippen molar-refractivity contribution in [1.82, 2.24) is 19.8 Å². The van der Waals surface area contributed by atoms with Gasteiger partial charge < -0.3 is 15.5 Å². The number of carbonyl (C=O) groups excluding carboxylic acids is 2. The summed E-state index contributed by atoms with van der Waals surface area (Å²) in [6.45, 7) is 4.50. The summed E-state index contributed by atoms with van der Waals surface area (Å²) in [5.74, 6) is 0.380. The fourth-order valence-electron chi connectivity index (χ4n) is 2.34. The van der Waals surface area contributed by atoms with Gasteiger partial charge in [-0.3, -0.25) is 4.79 Å². The van der Waals surface area contributed by atoms with Gasteiger partial charge in [0.15, 0.2) is 0 Å². The van der Waals surface area contributed by atoms with Crippen molar-refractivity contribution in [2.45, 2.75) is 39.2 Å². The summed E-state index contributed by atoms with van der Waals surface area (Å²) < 4.78 is 3.95. The highest BCUT2D eigenvalue weighted by Gasteiger charge is 2.12. The van der Waals surface area contributed by atoms with E-state index >= 15 is 0 Å². The van der Waals surface area contributed by atoms with Gasteiger partial charge in [0, 0.05) is 26.2 Å². The number of amides is 3. The highest BCUT2D eigenvalue weighted by atomic mass is 32.1. The number of hydrogen-bond acceptors (Lipinski definition) is 5. The number of aryl methyl sites for hydroxylation is 1. The molecule has 0 saturated carbocycles. The van der Waals surface area contributed by atoms with Gasteiger partial charge in [-0.25, -0.2) is 4.79 Å². The second-order valence-electron chi connectivity index (χ2n) is 6.53. The molecule has 26 heavy (non-hydrogen) atoms. The first kappa shape index (κ1) is 19.8. The van der Waals surface area contributed by atoms with Crippen molar-refractivity contribution >= 4 is 29.2 Å². The first-order valence-electron chi connectivity index (χ1n) is 8.52. The number of benzene rings is 1. The number of urea groups is 1. The maximum absolute atomic E-state index is 12.1. The van der Waals surface area contributed by atoms with Crippen molar-refractivity contribution in [3.05, 3.63) is 40.4 Å². The van der Waals surface area contributed by atoms with Gasteiger partial charge in [-0.1, -0.05) is 30.5 Å². The Kier molecular flexibility index (Phi) is 7.08. The molecule has 0 bridgehead atoms. The Bertz CT molecular complexity index is 740. The molecule has 140 valence electrons. The lowest BCUT2D eigenvalue weighted by Gasteiger charge is -2.11. The van der Waals surface area contributed by atoms with E-state index in [1.54, 1.807) is 19.0 Å². The highest BCUT2D eigenvalue weighted by molar-refractivity contribution is 7.05. The fourth-order valence-corrected chi connectivity index (χ4v) is 3.08. The van der Waals surface area contributed by atoms with Crippen LogP contribution < -0.4 is 10.6 Å². The van der Waals surface area contributed by atoms with Crippen LogP contribution >= 0.6 is 11.5 Å². The molecule has 0 aliphatic heterocycles. The van der Waals surface area contributed by atoms with Gasteiger partial charge in [0.1, 0.15) is 0 Å². The summed E-state index contributed by atoms with van der Waals surface area (Å²) >= 11 is 1.30. The molecule has 1 heterocycles. The lowest BCUT2D eigenvalue weighted by atomic mass is 10.1. The molecule has 8 heteroatoms. The molecule has 0 radical (unpaired) electrons. The van der Waals surface area contributed by atoms with E-state index in [-0.39, 0.29) is 17.9 Å². The summed E-state index contributed by atoms with van der Waals surface area (Å²) in [6, 6.07) is 7.24. The number of rotatable bonds is 7. The molecule has 7 nitrogen and oxygen atoms in total. The van der Waals surface area contributed by atoms with Gasteiger partial charge in [0.25, 0.3) is 0 Å². The second kappa shape index (κ2) is 9.28. The van der Waals surface area contributed by atoms with Crippen LogP contribution in [0.15, 0.2) is 24.3 Å². The van der Waals surface area contributed by atoms with E-state index in [0.29, 0.717) is 25.1 Å². The third-order valence-corrected chi connectivity index (χ3v) is 4.62. The quantitative estimate of drug-likeness (QED) is 0.779. The molecule has 0 atom stereocenters.